The van der Waals surface area contributed by atoms with Crippen LogP contribution >= 0.6 is 0 Å². The molecule has 0 bridgehead atoms. The molecule has 4 aromatic rings. The molecule has 0 aliphatic heterocycles. The lowest BCUT2D eigenvalue weighted by molar-refractivity contribution is 0.0692. The van der Waals surface area contributed by atoms with Crippen LogP contribution in [0.3, 0.4) is 0 Å². The van der Waals surface area contributed by atoms with Crippen LogP contribution in [0.15, 0.2) is 75.8 Å². The molecule has 2 aromatic heterocycles. The summed E-state index contributed by atoms with van der Waals surface area (Å²) in [5, 5.41) is 18.6. The van der Waals surface area contributed by atoms with E-state index in [1.807, 2.05) is 24.3 Å². The van der Waals surface area contributed by atoms with E-state index in [4.69, 9.17) is 0 Å². The Kier molecular flexibility index (Phi) is 3.74. The van der Waals surface area contributed by atoms with Crippen LogP contribution in [0.2, 0.25) is 0 Å². The molecule has 0 atom stereocenters. The average molecular weight is 344 g/mol. The lowest BCUT2D eigenvalue weighted by atomic mass is 10.1. The minimum Gasteiger partial charge on any atom is -0.477 e. The van der Waals surface area contributed by atoms with Crippen LogP contribution in [-0.2, 0) is 0 Å². The van der Waals surface area contributed by atoms with E-state index in [0.29, 0.717) is 16.6 Å². The molecule has 7 nitrogen and oxygen atoms in total. The van der Waals surface area contributed by atoms with Gasteiger partial charge in [-0.05, 0) is 24.3 Å². The first-order valence-electron chi connectivity index (χ1n) is 7.78. The van der Waals surface area contributed by atoms with Crippen LogP contribution in [0.1, 0.15) is 10.5 Å². The zero-order valence-corrected chi connectivity index (χ0v) is 13.4. The summed E-state index contributed by atoms with van der Waals surface area (Å²) in [6, 6.07) is 15.9. The number of azo groups is 1. The van der Waals surface area contributed by atoms with Gasteiger partial charge in [0.15, 0.2) is 11.4 Å². The van der Waals surface area contributed by atoms with E-state index >= 15 is 0 Å². The van der Waals surface area contributed by atoms with Gasteiger partial charge in [0.25, 0.3) is 0 Å². The molecule has 0 amide bonds. The van der Waals surface area contributed by atoms with E-state index in [9.17, 15) is 14.7 Å². The molecule has 0 spiro atoms. The zero-order chi connectivity index (χ0) is 18.1. The predicted molar refractivity (Wildman–Crippen MR) is 97.4 cm³/mol. The fraction of sp³-hybridized carbons (Fsp3) is 0. The maximum Gasteiger partial charge on any atom is 0.354 e. The number of nitrogens with zero attached hydrogens (tertiary/aromatic N) is 3. The SMILES string of the molecule is O=C(O)c1[nH]c2ccccc2c(=O)c1N=Nc1cnc2ccccc2c1. The number of carbonyl (C=O) groups is 1. The normalized spacial score (nSPS) is 11.4. The summed E-state index contributed by atoms with van der Waals surface area (Å²) in [6.07, 6.45) is 1.52. The van der Waals surface area contributed by atoms with Gasteiger partial charge in [0.05, 0.1) is 17.2 Å². The Morgan fingerprint density at radius 1 is 1.04 bits per heavy atom. The van der Waals surface area contributed by atoms with Gasteiger partial charge in [-0.15, -0.1) is 10.2 Å². The maximum absolute atomic E-state index is 12.6. The van der Waals surface area contributed by atoms with Crippen molar-refractivity contribution in [1.82, 2.24) is 9.97 Å². The molecule has 0 radical (unpaired) electrons. The third-order valence-electron chi connectivity index (χ3n) is 3.94. The number of H-pyrrole nitrogens is 1. The fourth-order valence-corrected chi connectivity index (χ4v) is 2.70. The number of aromatic carboxylic acids is 1. The van der Waals surface area contributed by atoms with Crippen molar-refractivity contribution in [2.24, 2.45) is 10.2 Å². The Hall–Kier alpha value is -3.87. The average Bonchev–Trinajstić information content (AvgIpc) is 2.67. The first-order chi connectivity index (χ1) is 12.6. The number of aromatic amines is 1. The van der Waals surface area contributed by atoms with Crippen molar-refractivity contribution in [3.05, 3.63) is 76.7 Å². The lowest BCUT2D eigenvalue weighted by Crippen LogP contribution is -2.11. The molecule has 2 heterocycles. The number of fused-ring (bicyclic) bond motifs is 2. The second-order valence-electron chi connectivity index (χ2n) is 5.61. The summed E-state index contributed by atoms with van der Waals surface area (Å²) < 4.78 is 0. The van der Waals surface area contributed by atoms with E-state index in [2.05, 4.69) is 20.2 Å². The third kappa shape index (κ3) is 2.71. The number of carboxylic acid groups (broad SMARTS) is 1. The third-order valence-corrected chi connectivity index (χ3v) is 3.94. The molecule has 0 saturated heterocycles. The summed E-state index contributed by atoms with van der Waals surface area (Å²) in [7, 11) is 0. The van der Waals surface area contributed by atoms with Crippen LogP contribution in [0, 0.1) is 0 Å². The molecule has 2 aromatic carbocycles. The van der Waals surface area contributed by atoms with Crippen LogP contribution in [-0.4, -0.2) is 21.0 Å². The minimum atomic E-state index is -1.28. The van der Waals surface area contributed by atoms with Crippen molar-refractivity contribution < 1.29 is 9.90 Å². The number of hydrogen-bond acceptors (Lipinski definition) is 5. The number of aromatic nitrogens is 2. The predicted octanol–water partition coefficient (Wildman–Crippen LogP) is 4.19. The van der Waals surface area contributed by atoms with Gasteiger partial charge in [0, 0.05) is 10.8 Å². The zero-order valence-electron chi connectivity index (χ0n) is 13.4. The smallest absolute Gasteiger partial charge is 0.354 e. The summed E-state index contributed by atoms with van der Waals surface area (Å²) in [5.74, 6) is -1.28. The number of nitrogens with one attached hydrogen (secondary N) is 1. The molecule has 126 valence electrons. The monoisotopic (exact) mass is 344 g/mol. The van der Waals surface area contributed by atoms with Crippen molar-refractivity contribution >= 4 is 39.1 Å². The Bertz CT molecular complexity index is 1240. The van der Waals surface area contributed by atoms with Gasteiger partial charge < -0.3 is 10.1 Å². The maximum atomic E-state index is 12.6. The van der Waals surface area contributed by atoms with E-state index in [1.165, 1.54) is 6.20 Å². The van der Waals surface area contributed by atoms with Crippen molar-refractivity contribution in [1.29, 1.82) is 0 Å². The largest absolute Gasteiger partial charge is 0.477 e. The molecule has 0 fully saturated rings. The molecule has 4 rings (SSSR count). The van der Waals surface area contributed by atoms with Gasteiger partial charge in [-0.2, -0.15) is 0 Å². The summed E-state index contributed by atoms with van der Waals surface area (Å²) >= 11 is 0. The first kappa shape index (κ1) is 15.6. The van der Waals surface area contributed by atoms with Gasteiger partial charge in [-0.3, -0.25) is 9.78 Å². The molecule has 0 aliphatic rings. The highest BCUT2D eigenvalue weighted by molar-refractivity contribution is 5.95. The Morgan fingerprint density at radius 3 is 2.65 bits per heavy atom. The molecule has 0 unspecified atom stereocenters. The highest BCUT2D eigenvalue weighted by atomic mass is 16.4. The molecule has 0 saturated carbocycles. The van der Waals surface area contributed by atoms with Crippen LogP contribution in [0.5, 0.6) is 0 Å². The van der Waals surface area contributed by atoms with Crippen LogP contribution in [0.4, 0.5) is 11.4 Å². The Morgan fingerprint density at radius 2 is 1.81 bits per heavy atom. The number of carboxylic acids is 1. The van der Waals surface area contributed by atoms with E-state index < -0.39 is 11.4 Å². The van der Waals surface area contributed by atoms with Crippen LogP contribution < -0.4 is 5.43 Å². The summed E-state index contributed by atoms with van der Waals surface area (Å²) in [6.45, 7) is 0. The number of rotatable bonds is 3. The number of benzene rings is 2. The van der Waals surface area contributed by atoms with E-state index in [-0.39, 0.29) is 11.4 Å². The van der Waals surface area contributed by atoms with Gasteiger partial charge in [-0.1, -0.05) is 30.3 Å². The topological polar surface area (TPSA) is 108 Å². The summed E-state index contributed by atoms with van der Waals surface area (Å²) in [4.78, 5) is 31.2. The van der Waals surface area contributed by atoms with Gasteiger partial charge in [-0.25, -0.2) is 4.79 Å². The second kappa shape index (κ2) is 6.21. The quantitative estimate of drug-likeness (QED) is 0.543. The number of para-hydroxylation sites is 2. The fourth-order valence-electron chi connectivity index (χ4n) is 2.70. The van der Waals surface area contributed by atoms with Gasteiger partial charge >= 0.3 is 5.97 Å². The van der Waals surface area contributed by atoms with Crippen molar-refractivity contribution in [3.8, 4) is 0 Å². The van der Waals surface area contributed by atoms with Crippen molar-refractivity contribution in [3.63, 3.8) is 0 Å². The minimum absolute atomic E-state index is 0.246. The van der Waals surface area contributed by atoms with Crippen molar-refractivity contribution in [2.75, 3.05) is 0 Å². The van der Waals surface area contributed by atoms with E-state index in [1.54, 1.807) is 30.3 Å². The molecular formula is C19H12N4O3. The Balaban J connectivity index is 1.86. The summed E-state index contributed by atoms with van der Waals surface area (Å²) in [5.41, 5.74) is 0.625. The van der Waals surface area contributed by atoms with Gasteiger partial charge in [0.2, 0.25) is 5.43 Å². The lowest BCUT2D eigenvalue weighted by Gasteiger charge is -2.04. The highest BCUT2D eigenvalue weighted by Crippen LogP contribution is 2.23. The highest BCUT2D eigenvalue weighted by Gasteiger charge is 2.17. The Labute approximate surface area is 146 Å². The van der Waals surface area contributed by atoms with Gasteiger partial charge in [0.1, 0.15) is 5.69 Å². The number of hydrogen-bond donors (Lipinski definition) is 2. The molecule has 0 aliphatic carbocycles. The molecule has 26 heavy (non-hydrogen) atoms. The molecular weight excluding hydrogens is 332 g/mol. The first-order valence-corrected chi connectivity index (χ1v) is 7.78. The number of pyridine rings is 2. The molecule has 2 N–H and O–H groups in total. The van der Waals surface area contributed by atoms with Crippen LogP contribution in [0.25, 0.3) is 21.8 Å². The second-order valence-corrected chi connectivity index (χ2v) is 5.61. The van der Waals surface area contributed by atoms with E-state index in [0.717, 1.165) is 10.9 Å². The molecule has 7 heteroatoms. The van der Waals surface area contributed by atoms with Crippen molar-refractivity contribution in [2.45, 2.75) is 0 Å². The standard InChI is InChI=1S/C19H12N4O3/c24-18-13-6-2-4-8-15(13)21-17(19(25)26)16(18)23-22-12-9-11-5-1-3-7-14(11)20-10-12/h1-10H,(H,21,24)(H,25,26).